The van der Waals surface area contributed by atoms with Crippen LogP contribution in [0.1, 0.15) is 49.4 Å². The maximum atomic E-state index is 9.50. The summed E-state index contributed by atoms with van der Waals surface area (Å²) in [6, 6.07) is 0.584. The number of fused-ring (bicyclic) bond motifs is 1. The van der Waals surface area contributed by atoms with E-state index in [9.17, 15) is 5.11 Å². The van der Waals surface area contributed by atoms with Gasteiger partial charge in [-0.2, -0.15) is 0 Å². The Kier molecular flexibility index (Phi) is 2.88. The Morgan fingerprint density at radius 3 is 2.88 bits per heavy atom. The van der Waals surface area contributed by atoms with Crippen molar-refractivity contribution in [3.63, 3.8) is 0 Å². The van der Waals surface area contributed by atoms with Crippen molar-refractivity contribution in [3.8, 4) is 0 Å². The highest BCUT2D eigenvalue weighted by molar-refractivity contribution is 5.08. The first-order chi connectivity index (χ1) is 8.31. The molecule has 17 heavy (non-hydrogen) atoms. The van der Waals surface area contributed by atoms with E-state index in [1.807, 2.05) is 0 Å². The fraction of sp³-hybridized carbons (Fsp3) is 0.833. The molecule has 5 nitrogen and oxygen atoms in total. The lowest BCUT2D eigenvalue weighted by Gasteiger charge is -2.27. The number of aliphatic hydroxyl groups excluding tert-OH is 1. The Hall–Kier alpha value is -0.940. The normalized spacial score (nSPS) is 29.5. The minimum atomic E-state index is 0.192. The van der Waals surface area contributed by atoms with Crippen LogP contribution in [-0.2, 0) is 6.42 Å². The van der Waals surface area contributed by atoms with E-state index in [4.69, 9.17) is 0 Å². The number of hydrogen-bond acceptors (Lipinski definition) is 4. The molecule has 2 aliphatic heterocycles. The lowest BCUT2D eigenvalue weighted by molar-refractivity contribution is 0.195. The molecule has 1 aromatic rings. The van der Waals surface area contributed by atoms with E-state index >= 15 is 0 Å². The molecule has 0 aromatic carbocycles. The number of hydrogen-bond donors (Lipinski definition) is 1. The fourth-order valence-electron chi connectivity index (χ4n) is 3.17. The van der Waals surface area contributed by atoms with Crippen LogP contribution in [0.4, 0.5) is 0 Å². The summed E-state index contributed by atoms with van der Waals surface area (Å²) in [6.07, 6.45) is 5.55. The van der Waals surface area contributed by atoms with E-state index in [2.05, 4.69) is 26.7 Å². The van der Waals surface area contributed by atoms with Gasteiger partial charge in [-0.1, -0.05) is 0 Å². The summed E-state index contributed by atoms with van der Waals surface area (Å²) >= 11 is 0. The largest absolute Gasteiger partial charge is 0.394 e. The predicted molar refractivity (Wildman–Crippen MR) is 63.7 cm³/mol. The van der Waals surface area contributed by atoms with Gasteiger partial charge in [0, 0.05) is 6.42 Å². The molecule has 0 aliphatic carbocycles. The Bertz CT molecular complexity index is 403. The number of rotatable bonds is 2. The molecule has 2 unspecified atom stereocenters. The topological polar surface area (TPSA) is 54.2 Å². The van der Waals surface area contributed by atoms with Crippen molar-refractivity contribution in [1.82, 2.24) is 19.7 Å². The molecule has 2 aliphatic rings. The van der Waals surface area contributed by atoms with E-state index in [0.717, 1.165) is 43.9 Å². The van der Waals surface area contributed by atoms with Gasteiger partial charge in [0.15, 0.2) is 5.82 Å². The van der Waals surface area contributed by atoms with Crippen LogP contribution in [0.2, 0.25) is 0 Å². The smallest absolute Gasteiger partial charge is 0.150 e. The summed E-state index contributed by atoms with van der Waals surface area (Å²) in [5.74, 6) is 2.13. The molecule has 94 valence electrons. The fourth-order valence-corrected chi connectivity index (χ4v) is 3.17. The molecule has 2 atom stereocenters. The van der Waals surface area contributed by atoms with Gasteiger partial charge in [0.2, 0.25) is 0 Å². The second-order valence-electron chi connectivity index (χ2n) is 5.21. The second-order valence-corrected chi connectivity index (χ2v) is 5.21. The lowest BCUT2D eigenvalue weighted by atomic mass is 10.0. The first-order valence-corrected chi connectivity index (χ1v) is 6.56. The minimum Gasteiger partial charge on any atom is -0.394 e. The van der Waals surface area contributed by atoms with Gasteiger partial charge in [-0.3, -0.25) is 4.90 Å². The first kappa shape index (κ1) is 11.2. The maximum Gasteiger partial charge on any atom is 0.150 e. The van der Waals surface area contributed by atoms with Crippen LogP contribution in [0.25, 0.3) is 0 Å². The Balaban J connectivity index is 1.97. The number of aryl methyl sites for hydroxylation is 1. The van der Waals surface area contributed by atoms with Crippen molar-refractivity contribution in [2.75, 3.05) is 20.2 Å². The highest BCUT2D eigenvalue weighted by Gasteiger charge is 2.32. The van der Waals surface area contributed by atoms with Crippen LogP contribution in [0.5, 0.6) is 0 Å². The van der Waals surface area contributed by atoms with E-state index in [1.54, 1.807) is 0 Å². The van der Waals surface area contributed by atoms with E-state index in [0.29, 0.717) is 6.04 Å². The summed E-state index contributed by atoms with van der Waals surface area (Å²) in [5, 5.41) is 18.2. The molecule has 1 fully saturated rings. The van der Waals surface area contributed by atoms with Gasteiger partial charge in [-0.15, -0.1) is 10.2 Å². The van der Waals surface area contributed by atoms with Gasteiger partial charge >= 0.3 is 0 Å². The quantitative estimate of drug-likeness (QED) is 0.829. The third-order valence-electron chi connectivity index (χ3n) is 4.12. The van der Waals surface area contributed by atoms with Crippen molar-refractivity contribution >= 4 is 0 Å². The number of aromatic nitrogens is 3. The summed E-state index contributed by atoms with van der Waals surface area (Å²) < 4.78 is 2.20. The monoisotopic (exact) mass is 236 g/mol. The minimum absolute atomic E-state index is 0.192. The summed E-state index contributed by atoms with van der Waals surface area (Å²) in [4.78, 5) is 2.35. The van der Waals surface area contributed by atoms with Gasteiger partial charge in [0.05, 0.1) is 18.7 Å². The first-order valence-electron chi connectivity index (χ1n) is 6.56. The van der Waals surface area contributed by atoms with E-state index < -0.39 is 0 Å². The lowest BCUT2D eigenvalue weighted by Crippen LogP contribution is -2.27. The number of aliphatic hydroxyl groups is 1. The molecule has 1 N–H and O–H groups in total. The zero-order valence-corrected chi connectivity index (χ0v) is 10.3. The van der Waals surface area contributed by atoms with Crippen LogP contribution in [0.15, 0.2) is 0 Å². The highest BCUT2D eigenvalue weighted by atomic mass is 16.3. The van der Waals surface area contributed by atoms with E-state index in [-0.39, 0.29) is 12.6 Å². The summed E-state index contributed by atoms with van der Waals surface area (Å²) in [6.45, 7) is 1.34. The predicted octanol–water partition coefficient (Wildman–Crippen LogP) is 0.914. The van der Waals surface area contributed by atoms with Crippen molar-refractivity contribution in [1.29, 1.82) is 0 Å². The summed E-state index contributed by atoms with van der Waals surface area (Å²) in [5.41, 5.74) is 0. The number of likely N-dealkylation sites (tertiary alicyclic amines) is 1. The SMILES string of the molecule is CN1CCCC1c1nnc2n1C(CO)CCC2. The van der Waals surface area contributed by atoms with Crippen molar-refractivity contribution < 1.29 is 5.11 Å². The maximum absolute atomic E-state index is 9.50. The molecule has 5 heteroatoms. The molecule has 3 rings (SSSR count). The molecular formula is C12H20N4O. The van der Waals surface area contributed by atoms with Gasteiger partial charge in [0.25, 0.3) is 0 Å². The van der Waals surface area contributed by atoms with Crippen LogP contribution in [-0.4, -0.2) is 45.0 Å². The Morgan fingerprint density at radius 2 is 2.18 bits per heavy atom. The third kappa shape index (κ3) is 1.77. The molecular weight excluding hydrogens is 216 g/mol. The van der Waals surface area contributed by atoms with Gasteiger partial charge < -0.3 is 9.67 Å². The van der Waals surface area contributed by atoms with Gasteiger partial charge in [0.1, 0.15) is 5.82 Å². The Labute approximate surface area is 101 Å². The molecule has 0 bridgehead atoms. The molecule has 1 aromatic heterocycles. The highest BCUT2D eigenvalue weighted by Crippen LogP contribution is 2.33. The molecule has 0 saturated carbocycles. The van der Waals surface area contributed by atoms with Crippen molar-refractivity contribution in [2.24, 2.45) is 0 Å². The van der Waals surface area contributed by atoms with Crippen LogP contribution >= 0.6 is 0 Å². The van der Waals surface area contributed by atoms with Gasteiger partial charge in [-0.25, -0.2) is 0 Å². The van der Waals surface area contributed by atoms with Crippen LogP contribution in [0.3, 0.4) is 0 Å². The molecule has 0 radical (unpaired) electrons. The second kappa shape index (κ2) is 4.38. The Morgan fingerprint density at radius 1 is 1.29 bits per heavy atom. The molecule has 0 amide bonds. The van der Waals surface area contributed by atoms with Crippen LogP contribution in [0, 0.1) is 0 Å². The number of nitrogens with zero attached hydrogens (tertiary/aromatic N) is 4. The summed E-state index contributed by atoms with van der Waals surface area (Å²) in [7, 11) is 2.15. The zero-order chi connectivity index (χ0) is 11.8. The average molecular weight is 236 g/mol. The van der Waals surface area contributed by atoms with Gasteiger partial charge in [-0.05, 0) is 39.3 Å². The molecule has 3 heterocycles. The third-order valence-corrected chi connectivity index (χ3v) is 4.12. The molecule has 0 spiro atoms. The van der Waals surface area contributed by atoms with Crippen molar-refractivity contribution in [3.05, 3.63) is 11.6 Å². The standard InChI is InChI=1S/C12H20N4O/c1-15-7-3-5-10(15)12-14-13-11-6-2-4-9(8-17)16(11)12/h9-10,17H,2-8H2,1H3. The van der Waals surface area contributed by atoms with Crippen molar-refractivity contribution in [2.45, 2.75) is 44.2 Å². The zero-order valence-electron chi connectivity index (χ0n) is 10.3. The average Bonchev–Trinajstić information content (AvgIpc) is 2.94. The molecule has 1 saturated heterocycles. The van der Waals surface area contributed by atoms with Crippen LogP contribution < -0.4 is 0 Å². The van der Waals surface area contributed by atoms with E-state index in [1.165, 1.54) is 6.42 Å².